The highest BCUT2D eigenvalue weighted by Gasteiger charge is 2.34. The third-order valence-corrected chi connectivity index (χ3v) is 5.72. The highest BCUT2D eigenvalue weighted by Crippen LogP contribution is 2.32. The molecule has 1 saturated heterocycles. The van der Waals surface area contributed by atoms with Gasteiger partial charge in [0.15, 0.2) is 17.3 Å². The molecule has 2 aliphatic rings. The summed E-state index contributed by atoms with van der Waals surface area (Å²) in [5, 5.41) is 6.92. The molecule has 0 saturated carbocycles. The Bertz CT molecular complexity index is 985. The first-order chi connectivity index (χ1) is 15.0. The maximum Gasteiger partial charge on any atom is 0.415 e. The van der Waals surface area contributed by atoms with Crippen molar-refractivity contribution in [2.45, 2.75) is 46.0 Å². The number of carbonyl (C=O) groups excluding carboxylic acids is 2. The number of hydrogen-bond acceptors (Lipinski definition) is 3. The fourth-order valence-corrected chi connectivity index (χ4v) is 3.66. The normalized spacial score (nSPS) is 18.9. The molecule has 3 heterocycles. The van der Waals surface area contributed by atoms with Crippen molar-refractivity contribution < 1.29 is 31.5 Å². The summed E-state index contributed by atoms with van der Waals surface area (Å²) >= 11 is 0. The van der Waals surface area contributed by atoms with Crippen LogP contribution in [-0.2, 0) is 17.9 Å². The Morgan fingerprint density at radius 1 is 1.09 bits per heavy atom. The third-order valence-electron chi connectivity index (χ3n) is 5.72. The quantitative estimate of drug-likeness (QED) is 0.539. The Labute approximate surface area is 181 Å². The average Bonchev–Trinajstić information content (AvgIpc) is 3.33. The molecule has 0 unspecified atom stereocenters. The van der Waals surface area contributed by atoms with Crippen LogP contribution in [0.4, 0.5) is 22.0 Å². The van der Waals surface area contributed by atoms with Crippen molar-refractivity contribution in [2.24, 2.45) is 5.92 Å². The molecule has 11 heteroatoms. The summed E-state index contributed by atoms with van der Waals surface area (Å²) in [7, 11) is 0. The zero-order valence-electron chi connectivity index (χ0n) is 17.6. The number of aromatic amines is 1. The number of carbonyl (C=O) groups is 2. The van der Waals surface area contributed by atoms with Crippen LogP contribution in [0.25, 0.3) is 0 Å². The van der Waals surface area contributed by atoms with Gasteiger partial charge < -0.3 is 9.80 Å². The van der Waals surface area contributed by atoms with Crippen LogP contribution in [0.1, 0.15) is 48.4 Å². The zero-order valence-corrected chi connectivity index (χ0v) is 17.6. The molecule has 32 heavy (non-hydrogen) atoms. The van der Waals surface area contributed by atoms with Gasteiger partial charge in [-0.1, -0.05) is 12.2 Å². The van der Waals surface area contributed by atoms with E-state index in [0.717, 1.165) is 11.3 Å². The average molecular weight is 458 g/mol. The fourth-order valence-electron chi connectivity index (χ4n) is 3.66. The smallest absolute Gasteiger partial charge is 0.337 e. The number of fused-ring (bicyclic) bond motifs is 1. The number of aromatic nitrogens is 2. The van der Waals surface area contributed by atoms with E-state index >= 15 is 0 Å². The van der Waals surface area contributed by atoms with E-state index in [2.05, 4.69) is 10.2 Å². The van der Waals surface area contributed by atoms with E-state index in [1.165, 1.54) is 13.0 Å². The van der Waals surface area contributed by atoms with Gasteiger partial charge in [-0.3, -0.25) is 14.7 Å². The second-order valence-corrected chi connectivity index (χ2v) is 7.87. The number of likely N-dealkylation sites (tertiary alicyclic amines) is 1. The number of hydrogen-bond donors (Lipinski definition) is 1. The molecule has 1 fully saturated rings. The van der Waals surface area contributed by atoms with E-state index in [0.29, 0.717) is 57.7 Å². The van der Waals surface area contributed by atoms with Gasteiger partial charge in [0.1, 0.15) is 0 Å². The molecule has 1 aromatic rings. The van der Waals surface area contributed by atoms with E-state index in [1.807, 2.05) is 0 Å². The Morgan fingerprint density at radius 3 is 2.34 bits per heavy atom. The molecule has 3 rings (SSSR count). The number of nitrogens with zero attached hydrogens (tertiary/aromatic N) is 3. The van der Waals surface area contributed by atoms with E-state index < -0.39 is 23.4 Å². The molecule has 1 aromatic heterocycles. The molecule has 0 aromatic carbocycles. The topological polar surface area (TPSA) is 69.3 Å². The lowest BCUT2D eigenvalue weighted by Gasteiger charge is -2.30. The summed E-state index contributed by atoms with van der Waals surface area (Å²) in [4.78, 5) is 27.7. The van der Waals surface area contributed by atoms with Crippen LogP contribution < -0.4 is 0 Å². The lowest BCUT2D eigenvalue weighted by molar-refractivity contribution is -0.129. The molecule has 2 aliphatic heterocycles. The van der Waals surface area contributed by atoms with E-state index in [1.54, 1.807) is 15.9 Å². The van der Waals surface area contributed by atoms with Crippen molar-refractivity contribution >= 4 is 11.8 Å². The fraction of sp³-hybridized carbons (Fsp3) is 0.476. The number of allylic oxidation sites excluding steroid dienone is 6. The maximum absolute atomic E-state index is 13.6. The summed E-state index contributed by atoms with van der Waals surface area (Å²) in [5.41, 5.74) is 0.141. The van der Waals surface area contributed by atoms with Gasteiger partial charge in [0, 0.05) is 25.6 Å². The van der Waals surface area contributed by atoms with Crippen LogP contribution in [0.5, 0.6) is 0 Å². The van der Waals surface area contributed by atoms with Crippen LogP contribution in [0.15, 0.2) is 35.5 Å². The van der Waals surface area contributed by atoms with Crippen LogP contribution in [-0.4, -0.2) is 51.1 Å². The Morgan fingerprint density at radius 2 is 1.75 bits per heavy atom. The molecule has 1 N–H and O–H groups in total. The number of rotatable bonds is 4. The molecule has 0 bridgehead atoms. The van der Waals surface area contributed by atoms with Crippen molar-refractivity contribution in [1.29, 1.82) is 0 Å². The van der Waals surface area contributed by atoms with E-state index in [4.69, 9.17) is 0 Å². The molecule has 0 aliphatic carbocycles. The molecular weight excluding hydrogens is 435 g/mol. The van der Waals surface area contributed by atoms with Gasteiger partial charge in [0.25, 0.3) is 5.91 Å². The number of alkyl halides is 3. The number of H-pyrrole nitrogens is 1. The molecule has 0 atom stereocenters. The highest BCUT2D eigenvalue weighted by atomic mass is 19.4. The Kier molecular flexibility index (Phi) is 6.85. The minimum atomic E-state index is -4.93. The summed E-state index contributed by atoms with van der Waals surface area (Å²) < 4.78 is 64.4. The van der Waals surface area contributed by atoms with Crippen molar-refractivity contribution in [3.05, 3.63) is 52.4 Å². The zero-order chi connectivity index (χ0) is 23.6. The Hall–Kier alpha value is -2.98. The third kappa shape index (κ3) is 5.08. The molecule has 0 radical (unpaired) electrons. The number of piperidine rings is 1. The van der Waals surface area contributed by atoms with E-state index in [-0.39, 0.29) is 17.7 Å². The summed E-state index contributed by atoms with van der Waals surface area (Å²) in [5.74, 6) is -3.88. The number of nitrogens with one attached hydrogen (secondary N) is 1. The SMILES string of the molecule is CC(=O)N1Cc2[nH]nc(C(=O)N3CCC(/C=C/C=C(F)\C(F)=C(/C)C(F)(F)F)CC3)c2C1. The standard InChI is InChI=1S/C21H23F5N4O2/c1-12(21(24,25)26)18(23)16(22)5-3-4-14-6-8-29(9-7-14)20(32)19-15-10-30(13(2)31)11-17(15)27-28-19/h3-5,14H,6-11H2,1-2H3,(H,27,28)/b4-3+,16-5+,18-12-. The summed E-state index contributed by atoms with van der Waals surface area (Å²) in [6.45, 7) is 3.49. The van der Waals surface area contributed by atoms with Gasteiger partial charge >= 0.3 is 6.18 Å². The van der Waals surface area contributed by atoms with Crippen LogP contribution >= 0.6 is 0 Å². The molecule has 174 valence electrons. The predicted octanol–water partition coefficient (Wildman–Crippen LogP) is 4.34. The predicted molar refractivity (Wildman–Crippen MR) is 105 cm³/mol. The summed E-state index contributed by atoms with van der Waals surface area (Å²) in [6, 6.07) is 0. The first kappa shape index (κ1) is 23.7. The second kappa shape index (κ2) is 9.25. The van der Waals surface area contributed by atoms with Crippen molar-refractivity contribution in [1.82, 2.24) is 20.0 Å². The number of amides is 2. The monoisotopic (exact) mass is 458 g/mol. The van der Waals surface area contributed by atoms with Gasteiger partial charge in [-0.25, -0.2) is 8.78 Å². The minimum Gasteiger partial charge on any atom is -0.337 e. The van der Waals surface area contributed by atoms with Gasteiger partial charge in [-0.15, -0.1) is 0 Å². The lowest BCUT2D eigenvalue weighted by atomic mass is 9.96. The van der Waals surface area contributed by atoms with Crippen molar-refractivity contribution in [3.63, 3.8) is 0 Å². The molecule has 2 amide bonds. The van der Waals surface area contributed by atoms with Gasteiger partial charge in [-0.2, -0.15) is 18.3 Å². The lowest BCUT2D eigenvalue weighted by Crippen LogP contribution is -2.38. The van der Waals surface area contributed by atoms with E-state index in [9.17, 15) is 31.5 Å². The summed E-state index contributed by atoms with van der Waals surface area (Å²) in [6.07, 6.45) is -0.368. The number of halogens is 5. The van der Waals surface area contributed by atoms with Crippen LogP contribution in [0.2, 0.25) is 0 Å². The largest absolute Gasteiger partial charge is 0.415 e. The maximum atomic E-state index is 13.6. The molecular formula is C21H23F5N4O2. The minimum absolute atomic E-state index is 0.0306. The van der Waals surface area contributed by atoms with Crippen LogP contribution in [0, 0.1) is 5.92 Å². The molecule has 0 spiro atoms. The Balaban J connectivity index is 1.56. The molecule has 6 nitrogen and oxygen atoms in total. The van der Waals surface area contributed by atoms with Crippen LogP contribution in [0.3, 0.4) is 0 Å². The van der Waals surface area contributed by atoms with Gasteiger partial charge in [-0.05, 0) is 31.8 Å². The van der Waals surface area contributed by atoms with Gasteiger partial charge in [0.2, 0.25) is 5.91 Å². The second-order valence-electron chi connectivity index (χ2n) is 7.87. The van der Waals surface area contributed by atoms with Gasteiger partial charge in [0.05, 0.1) is 24.4 Å². The van der Waals surface area contributed by atoms with Crippen molar-refractivity contribution in [2.75, 3.05) is 13.1 Å². The van der Waals surface area contributed by atoms with Crippen molar-refractivity contribution in [3.8, 4) is 0 Å². The highest BCUT2D eigenvalue weighted by molar-refractivity contribution is 5.94. The first-order valence-electron chi connectivity index (χ1n) is 10.1. The first-order valence-corrected chi connectivity index (χ1v) is 10.1.